The molecule has 2 aromatic heterocycles. The zero-order valence-corrected chi connectivity index (χ0v) is 17.7. The van der Waals surface area contributed by atoms with Crippen molar-refractivity contribution < 1.29 is 9.21 Å². The number of nitrogen functional groups attached to an aromatic ring is 1. The first-order chi connectivity index (χ1) is 14.3. The predicted octanol–water partition coefficient (Wildman–Crippen LogP) is 3.96. The summed E-state index contributed by atoms with van der Waals surface area (Å²) < 4.78 is 5.70. The van der Waals surface area contributed by atoms with Gasteiger partial charge in [0.2, 0.25) is 5.88 Å². The Morgan fingerprint density at radius 3 is 2.83 bits per heavy atom. The van der Waals surface area contributed by atoms with Gasteiger partial charge in [0, 0.05) is 30.7 Å². The van der Waals surface area contributed by atoms with Crippen molar-refractivity contribution in [1.82, 2.24) is 4.98 Å². The molecule has 0 radical (unpaired) electrons. The fraction of sp³-hybridized carbons (Fsp3) is 0.391. The van der Waals surface area contributed by atoms with E-state index in [1.54, 1.807) is 12.4 Å². The minimum Gasteiger partial charge on any atom is -0.440 e. The van der Waals surface area contributed by atoms with Crippen LogP contribution in [0.5, 0.6) is 0 Å². The van der Waals surface area contributed by atoms with Gasteiger partial charge in [-0.2, -0.15) is 0 Å². The normalized spacial score (nSPS) is 19.4. The molecule has 1 fully saturated rings. The molecule has 0 unspecified atom stereocenters. The number of carbonyl (C=O) groups is 1. The molecular weight excluding hydrogens is 378 g/mol. The van der Waals surface area contributed by atoms with Crippen LogP contribution in [-0.4, -0.2) is 30.0 Å². The number of carbonyl (C=O) groups excluding carboxylic acids is 1. The highest BCUT2D eigenvalue weighted by Crippen LogP contribution is 2.33. The lowest BCUT2D eigenvalue weighted by atomic mass is 9.96. The number of pyridine rings is 1. The molecule has 4 rings (SSSR count). The Morgan fingerprint density at radius 2 is 2.10 bits per heavy atom. The third-order valence-electron chi connectivity index (χ3n) is 5.71. The summed E-state index contributed by atoms with van der Waals surface area (Å²) in [4.78, 5) is 19.6. The Labute approximate surface area is 176 Å². The van der Waals surface area contributed by atoms with E-state index in [0.717, 1.165) is 30.8 Å². The summed E-state index contributed by atoms with van der Waals surface area (Å²) in [6.45, 7) is 8.03. The average molecular weight is 408 g/mol. The lowest BCUT2D eigenvalue weighted by Crippen LogP contribution is -2.46. The van der Waals surface area contributed by atoms with Crippen molar-refractivity contribution in [2.75, 3.05) is 29.0 Å². The molecule has 7 heteroatoms. The van der Waals surface area contributed by atoms with Gasteiger partial charge < -0.3 is 26.1 Å². The fourth-order valence-electron chi connectivity index (χ4n) is 4.27. The van der Waals surface area contributed by atoms with E-state index in [1.165, 1.54) is 0 Å². The zero-order valence-electron chi connectivity index (χ0n) is 17.7. The third-order valence-corrected chi connectivity index (χ3v) is 5.71. The van der Waals surface area contributed by atoms with E-state index in [4.69, 9.17) is 15.9 Å². The van der Waals surface area contributed by atoms with Crippen LogP contribution < -0.4 is 21.7 Å². The molecule has 158 valence electrons. The van der Waals surface area contributed by atoms with Crippen molar-refractivity contribution in [2.45, 2.75) is 39.2 Å². The number of hydrogen-bond acceptors (Lipinski definition) is 6. The lowest BCUT2D eigenvalue weighted by Gasteiger charge is -2.37. The molecule has 0 bridgehead atoms. The van der Waals surface area contributed by atoms with Crippen LogP contribution in [0.25, 0.3) is 11.0 Å². The maximum atomic E-state index is 13.2. The number of amides is 1. The molecule has 1 amide bonds. The van der Waals surface area contributed by atoms with E-state index >= 15 is 0 Å². The van der Waals surface area contributed by atoms with Crippen LogP contribution >= 0.6 is 0 Å². The van der Waals surface area contributed by atoms with Crippen molar-refractivity contribution in [3.05, 3.63) is 47.8 Å². The maximum Gasteiger partial charge on any atom is 0.261 e. The largest absolute Gasteiger partial charge is 0.440 e. The highest BCUT2D eigenvalue weighted by Gasteiger charge is 2.26. The second-order valence-corrected chi connectivity index (χ2v) is 8.60. The Bertz CT molecular complexity index is 1060. The predicted molar refractivity (Wildman–Crippen MR) is 121 cm³/mol. The quantitative estimate of drug-likeness (QED) is 0.604. The number of nitrogens with two attached hydrogens (primary N) is 2. The van der Waals surface area contributed by atoms with Crippen LogP contribution in [-0.2, 0) is 0 Å². The van der Waals surface area contributed by atoms with Crippen LogP contribution in [0.15, 0.2) is 41.1 Å². The van der Waals surface area contributed by atoms with Crippen LogP contribution in [0.3, 0.4) is 0 Å². The molecule has 30 heavy (non-hydrogen) atoms. The Morgan fingerprint density at radius 1 is 1.30 bits per heavy atom. The standard InChI is InChI=1S/C23H29N5O2/c1-13(2)15-4-5-17-20(9-15)30-22(25)21(17)23(29)27-18-10-26-7-6-19(18)28-11-14(3)8-16(24)12-28/h4-7,9-10,13-14,16H,8,11-12,24-25H2,1-3H3,(H,27,29)/t14-,16+/m1/s1. The molecular formula is C23H29N5O2. The number of aromatic nitrogens is 1. The zero-order chi connectivity index (χ0) is 21.4. The van der Waals surface area contributed by atoms with Crippen molar-refractivity contribution in [2.24, 2.45) is 11.7 Å². The molecule has 7 nitrogen and oxygen atoms in total. The molecule has 1 aliphatic rings. The smallest absolute Gasteiger partial charge is 0.261 e. The van der Waals surface area contributed by atoms with Gasteiger partial charge in [-0.3, -0.25) is 9.78 Å². The number of furan rings is 1. The number of rotatable bonds is 4. The second kappa shape index (κ2) is 7.99. The van der Waals surface area contributed by atoms with E-state index in [-0.39, 0.29) is 17.8 Å². The highest BCUT2D eigenvalue weighted by molar-refractivity contribution is 6.16. The Hall–Kier alpha value is -3.06. The molecule has 1 saturated heterocycles. The summed E-state index contributed by atoms with van der Waals surface area (Å²) in [7, 11) is 0. The van der Waals surface area contributed by atoms with Crippen molar-refractivity contribution in [1.29, 1.82) is 0 Å². The SMILES string of the molecule is CC(C)c1ccc2c(C(=O)Nc3cnccc3N3C[C@H](C)C[C@H](N)C3)c(N)oc2c1. The Balaban J connectivity index is 1.65. The number of hydrogen-bond donors (Lipinski definition) is 3. The molecule has 1 aliphatic heterocycles. The van der Waals surface area contributed by atoms with Gasteiger partial charge in [0.25, 0.3) is 5.91 Å². The number of anilines is 3. The molecule has 1 aromatic carbocycles. The van der Waals surface area contributed by atoms with Gasteiger partial charge in [0.1, 0.15) is 11.1 Å². The molecule has 3 aromatic rings. The van der Waals surface area contributed by atoms with Gasteiger partial charge in [-0.25, -0.2) is 0 Å². The fourth-order valence-corrected chi connectivity index (χ4v) is 4.27. The van der Waals surface area contributed by atoms with Crippen LogP contribution in [0.1, 0.15) is 49.0 Å². The molecule has 3 heterocycles. The highest BCUT2D eigenvalue weighted by atomic mass is 16.3. The van der Waals surface area contributed by atoms with Gasteiger partial charge in [0.05, 0.1) is 17.6 Å². The molecule has 5 N–H and O–H groups in total. The summed E-state index contributed by atoms with van der Waals surface area (Å²) in [5, 5.41) is 3.69. The van der Waals surface area contributed by atoms with Crippen LogP contribution in [0.4, 0.5) is 17.3 Å². The van der Waals surface area contributed by atoms with E-state index in [0.29, 0.717) is 34.1 Å². The minimum absolute atomic E-state index is 0.106. The van der Waals surface area contributed by atoms with Crippen molar-refractivity contribution in [3.8, 4) is 0 Å². The molecule has 2 atom stereocenters. The van der Waals surface area contributed by atoms with Gasteiger partial charge in [-0.05, 0) is 42.0 Å². The summed E-state index contributed by atoms with van der Waals surface area (Å²) >= 11 is 0. The Kier molecular flexibility index (Phi) is 5.39. The summed E-state index contributed by atoms with van der Waals surface area (Å²) in [6.07, 6.45) is 4.39. The first-order valence-electron chi connectivity index (χ1n) is 10.4. The van der Waals surface area contributed by atoms with Gasteiger partial charge >= 0.3 is 0 Å². The van der Waals surface area contributed by atoms with Gasteiger partial charge in [0.15, 0.2) is 0 Å². The molecule has 0 saturated carbocycles. The van der Waals surface area contributed by atoms with Crippen molar-refractivity contribution in [3.63, 3.8) is 0 Å². The number of piperidine rings is 1. The van der Waals surface area contributed by atoms with Crippen LogP contribution in [0.2, 0.25) is 0 Å². The molecule has 0 aliphatic carbocycles. The topological polar surface area (TPSA) is 110 Å². The summed E-state index contributed by atoms with van der Waals surface area (Å²) in [5.41, 5.74) is 15.9. The minimum atomic E-state index is -0.313. The van der Waals surface area contributed by atoms with Gasteiger partial charge in [-0.1, -0.05) is 26.8 Å². The second-order valence-electron chi connectivity index (χ2n) is 8.60. The number of fused-ring (bicyclic) bond motifs is 1. The first kappa shape index (κ1) is 20.2. The number of benzene rings is 1. The monoisotopic (exact) mass is 407 g/mol. The van der Waals surface area contributed by atoms with E-state index in [1.807, 2.05) is 24.3 Å². The average Bonchev–Trinajstić information content (AvgIpc) is 3.02. The number of nitrogens with zero attached hydrogens (tertiary/aromatic N) is 2. The summed E-state index contributed by atoms with van der Waals surface area (Å²) in [5.74, 6) is 0.637. The maximum absolute atomic E-state index is 13.2. The van der Waals surface area contributed by atoms with E-state index < -0.39 is 0 Å². The molecule has 0 spiro atoms. The first-order valence-corrected chi connectivity index (χ1v) is 10.4. The van der Waals surface area contributed by atoms with E-state index in [9.17, 15) is 4.79 Å². The van der Waals surface area contributed by atoms with Crippen molar-refractivity contribution >= 4 is 34.1 Å². The number of nitrogens with one attached hydrogen (secondary N) is 1. The lowest BCUT2D eigenvalue weighted by molar-refractivity contribution is 0.102. The third kappa shape index (κ3) is 3.85. The summed E-state index contributed by atoms with van der Waals surface area (Å²) in [6, 6.07) is 7.86. The van der Waals surface area contributed by atoms with E-state index in [2.05, 4.69) is 36.0 Å². The van der Waals surface area contributed by atoms with Gasteiger partial charge in [-0.15, -0.1) is 0 Å². The van der Waals surface area contributed by atoms with Crippen LogP contribution in [0, 0.1) is 5.92 Å².